The maximum Gasteiger partial charge on any atom is 0.0946 e. The van der Waals surface area contributed by atoms with E-state index in [9.17, 15) is 0 Å². The molecule has 0 aliphatic carbocycles. The first-order chi connectivity index (χ1) is 7.34. The molecule has 0 aliphatic rings. The van der Waals surface area contributed by atoms with Crippen molar-refractivity contribution in [2.24, 2.45) is 7.05 Å². The maximum absolute atomic E-state index is 4.11. The van der Waals surface area contributed by atoms with Crippen molar-refractivity contribution in [3.63, 3.8) is 0 Å². The number of imidazole rings is 1. The molecule has 0 spiro atoms. The second-order valence-corrected chi connectivity index (χ2v) is 3.50. The van der Waals surface area contributed by atoms with Gasteiger partial charge in [-0.2, -0.15) is 5.10 Å². The van der Waals surface area contributed by atoms with E-state index < -0.39 is 0 Å². The van der Waals surface area contributed by atoms with Crippen LogP contribution in [0.5, 0.6) is 0 Å². The molecule has 8 heteroatoms. The van der Waals surface area contributed by atoms with Crippen molar-refractivity contribution >= 4 is 37.2 Å². The lowest BCUT2D eigenvalue weighted by Crippen LogP contribution is -2.18. The van der Waals surface area contributed by atoms with Gasteiger partial charge in [-0.15, -0.1) is 37.2 Å². The van der Waals surface area contributed by atoms with Gasteiger partial charge in [-0.1, -0.05) is 0 Å². The van der Waals surface area contributed by atoms with Gasteiger partial charge in [0, 0.05) is 50.8 Å². The number of aromatic nitrogens is 4. The molecule has 2 rings (SSSR count). The maximum atomic E-state index is 4.11. The molecule has 0 saturated carbocycles. The standard InChI is InChI=1S/C10H15N5.3ClH/c1-14-8-10(7-13-14)6-11-2-4-15-5-3-12-9-15;;;/h3,5,7-9,11H,2,4,6H2,1H3;3*1H. The summed E-state index contributed by atoms with van der Waals surface area (Å²) in [5, 5.41) is 7.46. The third-order valence-corrected chi connectivity index (χ3v) is 2.19. The van der Waals surface area contributed by atoms with Crippen LogP contribution in [-0.4, -0.2) is 25.9 Å². The summed E-state index contributed by atoms with van der Waals surface area (Å²) in [5.41, 5.74) is 1.21. The van der Waals surface area contributed by atoms with E-state index in [4.69, 9.17) is 0 Å². The topological polar surface area (TPSA) is 47.7 Å². The molecule has 2 aromatic heterocycles. The van der Waals surface area contributed by atoms with Crippen LogP contribution in [0, 0.1) is 0 Å². The number of nitrogens with zero attached hydrogens (tertiary/aromatic N) is 4. The Morgan fingerprint density at radius 1 is 1.28 bits per heavy atom. The predicted molar refractivity (Wildman–Crippen MR) is 78.9 cm³/mol. The first-order valence-electron chi connectivity index (χ1n) is 4.98. The van der Waals surface area contributed by atoms with E-state index in [1.165, 1.54) is 5.56 Å². The Bertz CT molecular complexity index is 401. The van der Waals surface area contributed by atoms with Crippen LogP contribution in [0.15, 0.2) is 31.1 Å². The van der Waals surface area contributed by atoms with Gasteiger partial charge >= 0.3 is 0 Å². The molecule has 2 heterocycles. The zero-order valence-corrected chi connectivity index (χ0v) is 12.5. The molecule has 0 unspecified atom stereocenters. The Kier molecular flexibility index (Phi) is 11.1. The van der Waals surface area contributed by atoms with E-state index in [0.717, 1.165) is 19.6 Å². The normalized spacial score (nSPS) is 8.94. The highest BCUT2D eigenvalue weighted by Gasteiger charge is 1.95. The molecule has 2 aromatic rings. The van der Waals surface area contributed by atoms with E-state index in [-0.39, 0.29) is 37.2 Å². The SMILES string of the molecule is Cl.Cl.Cl.Cn1cc(CNCCn2ccnc2)cn1. The van der Waals surface area contributed by atoms with Gasteiger partial charge < -0.3 is 9.88 Å². The molecule has 0 saturated heterocycles. The summed E-state index contributed by atoms with van der Waals surface area (Å²) >= 11 is 0. The van der Waals surface area contributed by atoms with Crippen LogP contribution < -0.4 is 5.32 Å². The molecule has 0 radical (unpaired) electrons. The lowest BCUT2D eigenvalue weighted by molar-refractivity contribution is 0.597. The zero-order chi connectivity index (χ0) is 10.5. The number of rotatable bonds is 5. The monoisotopic (exact) mass is 313 g/mol. The highest BCUT2D eigenvalue weighted by Crippen LogP contribution is 1.94. The number of nitrogens with one attached hydrogen (secondary N) is 1. The van der Waals surface area contributed by atoms with Crippen LogP contribution in [0.4, 0.5) is 0 Å². The van der Waals surface area contributed by atoms with Crippen molar-refractivity contribution in [3.8, 4) is 0 Å². The van der Waals surface area contributed by atoms with Gasteiger partial charge in [-0.3, -0.25) is 4.68 Å². The smallest absolute Gasteiger partial charge is 0.0946 e. The second-order valence-electron chi connectivity index (χ2n) is 3.50. The molecule has 0 amide bonds. The Morgan fingerprint density at radius 3 is 2.61 bits per heavy atom. The molecule has 18 heavy (non-hydrogen) atoms. The van der Waals surface area contributed by atoms with E-state index >= 15 is 0 Å². The Hall–Kier alpha value is -0.750. The summed E-state index contributed by atoms with van der Waals surface area (Å²) in [7, 11) is 1.93. The fourth-order valence-corrected chi connectivity index (χ4v) is 1.42. The fraction of sp³-hybridized carbons (Fsp3) is 0.400. The Labute approximate surface area is 125 Å². The summed E-state index contributed by atoms with van der Waals surface area (Å²) in [6.45, 7) is 2.74. The molecule has 5 nitrogen and oxygen atoms in total. The molecule has 0 bridgehead atoms. The average molecular weight is 315 g/mol. The fourth-order valence-electron chi connectivity index (χ4n) is 1.42. The summed E-state index contributed by atoms with van der Waals surface area (Å²) < 4.78 is 3.86. The number of hydrogen-bond donors (Lipinski definition) is 1. The van der Waals surface area contributed by atoms with Crippen LogP contribution in [-0.2, 0) is 20.1 Å². The number of aryl methyl sites for hydroxylation is 1. The van der Waals surface area contributed by atoms with Gasteiger partial charge in [0.2, 0.25) is 0 Å². The third-order valence-electron chi connectivity index (χ3n) is 2.19. The van der Waals surface area contributed by atoms with Gasteiger partial charge in [0.05, 0.1) is 12.5 Å². The summed E-state index contributed by atoms with van der Waals surface area (Å²) in [5.74, 6) is 0. The summed E-state index contributed by atoms with van der Waals surface area (Å²) in [6.07, 6.45) is 9.48. The average Bonchev–Trinajstić information content (AvgIpc) is 2.84. The van der Waals surface area contributed by atoms with Crippen molar-refractivity contribution in [2.45, 2.75) is 13.1 Å². The van der Waals surface area contributed by atoms with Crippen LogP contribution in [0.2, 0.25) is 0 Å². The van der Waals surface area contributed by atoms with Gasteiger partial charge in [-0.25, -0.2) is 4.98 Å². The number of halogens is 3. The lowest BCUT2D eigenvalue weighted by atomic mass is 10.3. The minimum absolute atomic E-state index is 0. The third kappa shape index (κ3) is 6.26. The highest BCUT2D eigenvalue weighted by atomic mass is 35.5. The first-order valence-corrected chi connectivity index (χ1v) is 4.98. The minimum Gasteiger partial charge on any atom is -0.336 e. The van der Waals surface area contributed by atoms with Crippen LogP contribution in [0.25, 0.3) is 0 Å². The zero-order valence-electron chi connectivity index (χ0n) is 10.0. The van der Waals surface area contributed by atoms with Gasteiger partial charge in [0.1, 0.15) is 0 Å². The molecule has 0 aliphatic heterocycles. The van der Waals surface area contributed by atoms with Crippen molar-refractivity contribution in [1.29, 1.82) is 0 Å². The van der Waals surface area contributed by atoms with Crippen LogP contribution in [0.1, 0.15) is 5.56 Å². The van der Waals surface area contributed by atoms with E-state index in [2.05, 4.69) is 20.0 Å². The van der Waals surface area contributed by atoms with E-state index in [0.29, 0.717) is 0 Å². The lowest BCUT2D eigenvalue weighted by Gasteiger charge is -2.03. The predicted octanol–water partition coefficient (Wildman–Crippen LogP) is 1.67. The largest absolute Gasteiger partial charge is 0.336 e. The van der Waals surface area contributed by atoms with Crippen molar-refractivity contribution in [3.05, 3.63) is 36.7 Å². The van der Waals surface area contributed by atoms with Crippen molar-refractivity contribution in [1.82, 2.24) is 24.6 Å². The van der Waals surface area contributed by atoms with Gasteiger partial charge in [-0.05, 0) is 0 Å². The molecule has 0 fully saturated rings. The minimum atomic E-state index is 0. The van der Waals surface area contributed by atoms with Crippen molar-refractivity contribution in [2.75, 3.05) is 6.54 Å². The molecule has 1 N–H and O–H groups in total. The van der Waals surface area contributed by atoms with E-state index in [1.54, 1.807) is 6.20 Å². The highest BCUT2D eigenvalue weighted by molar-refractivity contribution is 5.86. The van der Waals surface area contributed by atoms with Gasteiger partial charge in [0.15, 0.2) is 0 Å². The number of hydrogen-bond acceptors (Lipinski definition) is 3. The summed E-state index contributed by atoms with van der Waals surface area (Å²) in [6, 6.07) is 0. The molecule has 0 aromatic carbocycles. The van der Waals surface area contributed by atoms with Crippen LogP contribution >= 0.6 is 37.2 Å². The second kappa shape index (κ2) is 10.2. The summed E-state index contributed by atoms with van der Waals surface area (Å²) in [4.78, 5) is 3.98. The quantitative estimate of drug-likeness (QED) is 0.854. The Morgan fingerprint density at radius 2 is 2.06 bits per heavy atom. The van der Waals surface area contributed by atoms with Crippen LogP contribution in [0.3, 0.4) is 0 Å². The van der Waals surface area contributed by atoms with Gasteiger partial charge in [0.25, 0.3) is 0 Å². The molecular formula is C10H18Cl3N5. The Balaban J connectivity index is 0. The molecule has 104 valence electrons. The first kappa shape index (κ1) is 19.6. The van der Waals surface area contributed by atoms with E-state index in [1.807, 2.05) is 36.6 Å². The molecular weight excluding hydrogens is 297 g/mol. The molecule has 0 atom stereocenters. The van der Waals surface area contributed by atoms with Crippen molar-refractivity contribution < 1.29 is 0 Å².